The van der Waals surface area contributed by atoms with Crippen molar-refractivity contribution in [3.05, 3.63) is 58.8 Å². The lowest BCUT2D eigenvalue weighted by molar-refractivity contribution is -0.946. The summed E-state index contributed by atoms with van der Waals surface area (Å²) in [5.41, 5.74) is 2.19. The number of carbonyl (C=O) groups excluding carboxylic acids is 1. The van der Waals surface area contributed by atoms with Crippen molar-refractivity contribution in [1.82, 2.24) is 0 Å². The fraction of sp³-hybridized carbons (Fsp3) is 0.516. The number of phenols is 1. The zero-order chi connectivity index (χ0) is 27.9. The molecule has 40 heavy (non-hydrogen) atoms. The molecule has 2 aromatic rings. The van der Waals surface area contributed by atoms with Crippen LogP contribution >= 0.6 is 0 Å². The van der Waals surface area contributed by atoms with Crippen molar-refractivity contribution in [1.29, 1.82) is 0 Å². The second kappa shape index (κ2) is 8.90. The SMILES string of the molecule is C[N+]1(CC2CC2)CC[C@]23c4c5c(O)cc(NC(=O)C(=Cc6ccccc6)OC(F)(F)F)c4O[C@H]2CCC[C@H]3[C@H]1C5. The summed E-state index contributed by atoms with van der Waals surface area (Å²) >= 11 is 0. The summed E-state index contributed by atoms with van der Waals surface area (Å²) < 4.78 is 51.6. The van der Waals surface area contributed by atoms with Gasteiger partial charge in [-0.3, -0.25) is 4.79 Å². The highest BCUT2D eigenvalue weighted by Crippen LogP contribution is 2.66. The van der Waals surface area contributed by atoms with Crippen LogP contribution in [0.15, 0.2) is 42.2 Å². The second-order valence-electron chi connectivity index (χ2n) is 12.6. The number of aromatic hydroxyl groups is 1. The maximum absolute atomic E-state index is 13.3. The molecule has 0 aromatic heterocycles. The first-order valence-corrected chi connectivity index (χ1v) is 14.3. The van der Waals surface area contributed by atoms with Gasteiger partial charge < -0.3 is 24.4 Å². The summed E-state index contributed by atoms with van der Waals surface area (Å²) in [5.74, 6) is -0.183. The van der Waals surface area contributed by atoms with E-state index < -0.39 is 18.0 Å². The van der Waals surface area contributed by atoms with Crippen LogP contribution in [0.3, 0.4) is 0 Å². The zero-order valence-electron chi connectivity index (χ0n) is 22.5. The first-order valence-electron chi connectivity index (χ1n) is 14.3. The van der Waals surface area contributed by atoms with Crippen molar-refractivity contribution in [2.75, 3.05) is 25.5 Å². The fourth-order valence-electron chi connectivity index (χ4n) is 8.42. The minimum atomic E-state index is -5.05. The van der Waals surface area contributed by atoms with Crippen LogP contribution in [-0.2, 0) is 21.4 Å². The molecule has 2 aromatic carbocycles. The number of carbonyl (C=O) groups is 1. The number of hydrogen-bond donors (Lipinski definition) is 2. The summed E-state index contributed by atoms with van der Waals surface area (Å²) in [6.45, 7) is 2.22. The Kier molecular flexibility index (Phi) is 5.73. The van der Waals surface area contributed by atoms with Crippen LogP contribution in [0.25, 0.3) is 6.08 Å². The highest BCUT2D eigenvalue weighted by molar-refractivity contribution is 6.06. The molecule has 2 saturated carbocycles. The van der Waals surface area contributed by atoms with Gasteiger partial charge in [-0.05, 0) is 43.7 Å². The third-order valence-electron chi connectivity index (χ3n) is 10.2. The number of benzene rings is 2. The molecule has 1 saturated heterocycles. The molecule has 5 atom stereocenters. The summed E-state index contributed by atoms with van der Waals surface area (Å²) in [4.78, 5) is 13.2. The summed E-state index contributed by atoms with van der Waals surface area (Å²) in [7, 11) is 2.38. The minimum absolute atomic E-state index is 0.0666. The molecule has 5 aliphatic rings. The van der Waals surface area contributed by atoms with E-state index in [1.54, 1.807) is 30.3 Å². The Morgan fingerprint density at radius 2 is 2.00 bits per heavy atom. The molecule has 212 valence electrons. The van der Waals surface area contributed by atoms with Crippen LogP contribution in [0.1, 0.15) is 55.2 Å². The number of quaternary nitrogens is 1. The smallest absolute Gasteiger partial charge is 0.508 e. The lowest BCUT2D eigenvalue weighted by atomic mass is 9.51. The van der Waals surface area contributed by atoms with Gasteiger partial charge in [0.25, 0.3) is 5.91 Å². The molecule has 1 spiro atoms. The van der Waals surface area contributed by atoms with Crippen LogP contribution in [0.5, 0.6) is 11.5 Å². The lowest BCUT2D eigenvalue weighted by Gasteiger charge is -2.61. The van der Waals surface area contributed by atoms with Crippen LogP contribution < -0.4 is 10.1 Å². The van der Waals surface area contributed by atoms with E-state index in [1.807, 2.05) is 0 Å². The number of hydrogen-bond acceptors (Lipinski definition) is 4. The molecule has 2 bridgehead atoms. The van der Waals surface area contributed by atoms with Gasteiger partial charge in [0.1, 0.15) is 17.6 Å². The van der Waals surface area contributed by atoms with Crippen LogP contribution in [0, 0.1) is 11.8 Å². The summed E-state index contributed by atoms with van der Waals surface area (Å²) in [5, 5.41) is 13.9. The molecular weight excluding hydrogens is 521 g/mol. The largest absolute Gasteiger partial charge is 0.573 e. The Labute approximate surface area is 231 Å². The third kappa shape index (κ3) is 4.07. The number of amides is 1. The number of alkyl halides is 3. The number of likely N-dealkylation sites (tertiary alicyclic amines) is 1. The van der Waals surface area contributed by atoms with Crippen molar-refractivity contribution in [2.24, 2.45) is 11.8 Å². The standard InChI is InChI=1S/C31H33F3N2O4/c1-36(17-19-10-11-19)13-12-30-21-8-5-9-26(30)39-28-22(16-24(37)20(27(28)30)15-23(21)36)35-29(38)25(40-31(32,33)34)14-18-6-3-2-4-7-18/h2-4,6-7,14,16,19,21,23,26H,5,8-13,15,17H2,1H3,(H-,35,37,38)/p+1/t21-,23+,26-,30+,36?/m0/s1. The first-order chi connectivity index (χ1) is 19.1. The maximum atomic E-state index is 13.3. The van der Waals surface area contributed by atoms with E-state index in [0.29, 0.717) is 23.3 Å². The number of piperidine rings is 1. The number of nitrogens with one attached hydrogen (secondary N) is 1. The number of rotatable bonds is 6. The van der Waals surface area contributed by atoms with E-state index in [-0.39, 0.29) is 23.0 Å². The molecule has 1 amide bonds. The van der Waals surface area contributed by atoms with Gasteiger partial charge in [0.2, 0.25) is 0 Å². The van der Waals surface area contributed by atoms with Gasteiger partial charge in [-0.15, -0.1) is 13.2 Å². The molecule has 7 rings (SSSR count). The predicted molar refractivity (Wildman–Crippen MR) is 142 cm³/mol. The molecule has 2 heterocycles. The van der Waals surface area contributed by atoms with E-state index >= 15 is 0 Å². The number of halogens is 3. The summed E-state index contributed by atoms with van der Waals surface area (Å²) in [6, 6.07) is 10.0. The zero-order valence-corrected chi connectivity index (χ0v) is 22.5. The average molecular weight is 556 g/mol. The van der Waals surface area contributed by atoms with E-state index in [0.717, 1.165) is 66.3 Å². The van der Waals surface area contributed by atoms with Gasteiger partial charge in [0.15, 0.2) is 5.76 Å². The van der Waals surface area contributed by atoms with Crippen molar-refractivity contribution >= 4 is 17.7 Å². The Balaban J connectivity index is 1.27. The van der Waals surface area contributed by atoms with Crippen molar-refractivity contribution in [3.8, 4) is 11.5 Å². The number of anilines is 1. The number of likely N-dealkylation sites (N-methyl/N-ethyl adjacent to an activating group) is 1. The number of nitrogens with zero attached hydrogens (tertiary/aromatic N) is 1. The molecule has 2 aliphatic heterocycles. The minimum Gasteiger partial charge on any atom is -0.508 e. The Bertz CT molecular complexity index is 1390. The van der Waals surface area contributed by atoms with Crippen molar-refractivity contribution in [3.63, 3.8) is 0 Å². The second-order valence-corrected chi connectivity index (χ2v) is 12.6. The van der Waals surface area contributed by atoms with Gasteiger partial charge in [0.05, 0.1) is 37.3 Å². The highest BCUT2D eigenvalue weighted by Gasteiger charge is 2.67. The van der Waals surface area contributed by atoms with E-state index in [9.17, 15) is 23.1 Å². The van der Waals surface area contributed by atoms with Gasteiger partial charge in [0, 0.05) is 41.9 Å². The van der Waals surface area contributed by atoms with Gasteiger partial charge >= 0.3 is 6.36 Å². The maximum Gasteiger partial charge on any atom is 0.573 e. The third-order valence-corrected chi connectivity index (χ3v) is 10.2. The van der Waals surface area contributed by atoms with E-state index in [1.165, 1.54) is 25.5 Å². The normalized spacial score (nSPS) is 32.2. The van der Waals surface area contributed by atoms with E-state index in [2.05, 4.69) is 17.1 Å². The fourth-order valence-corrected chi connectivity index (χ4v) is 8.42. The predicted octanol–water partition coefficient (Wildman–Crippen LogP) is 5.89. The number of ether oxygens (including phenoxy) is 2. The topological polar surface area (TPSA) is 67.8 Å². The van der Waals surface area contributed by atoms with Crippen LogP contribution in [0.2, 0.25) is 0 Å². The number of phenolic OH excluding ortho intramolecular Hbond substituents is 1. The molecule has 6 nitrogen and oxygen atoms in total. The highest BCUT2D eigenvalue weighted by atomic mass is 19.4. The van der Waals surface area contributed by atoms with Crippen molar-refractivity contribution in [2.45, 2.75) is 68.9 Å². The Morgan fingerprint density at radius 3 is 2.73 bits per heavy atom. The average Bonchev–Trinajstić information content (AvgIpc) is 3.64. The van der Waals surface area contributed by atoms with E-state index in [4.69, 9.17) is 4.74 Å². The lowest BCUT2D eigenvalue weighted by Crippen LogP contribution is -2.70. The molecule has 9 heteroatoms. The van der Waals surface area contributed by atoms with Crippen LogP contribution in [-0.4, -0.2) is 54.1 Å². The molecule has 2 N–H and O–H groups in total. The summed E-state index contributed by atoms with van der Waals surface area (Å²) in [6.07, 6.45) is 3.26. The van der Waals surface area contributed by atoms with Gasteiger partial charge in [-0.2, -0.15) is 0 Å². The van der Waals surface area contributed by atoms with Gasteiger partial charge in [-0.1, -0.05) is 30.3 Å². The Hall–Kier alpha value is -3.20. The molecule has 0 radical (unpaired) electrons. The monoisotopic (exact) mass is 555 g/mol. The van der Waals surface area contributed by atoms with Crippen LogP contribution in [0.4, 0.5) is 18.9 Å². The molecule has 3 fully saturated rings. The molecular formula is C31H34F3N2O4+. The van der Waals surface area contributed by atoms with Gasteiger partial charge in [-0.25, -0.2) is 0 Å². The molecule has 1 unspecified atom stereocenters. The first kappa shape index (κ1) is 25.7. The molecule has 3 aliphatic carbocycles. The Morgan fingerprint density at radius 1 is 1.23 bits per heavy atom. The van der Waals surface area contributed by atoms with Crippen molar-refractivity contribution < 1.29 is 37.0 Å². The quantitative estimate of drug-likeness (QED) is 0.265.